The summed E-state index contributed by atoms with van der Waals surface area (Å²) in [6.45, 7) is 4.79. The van der Waals surface area contributed by atoms with Gasteiger partial charge in [0.15, 0.2) is 0 Å². The Balaban J connectivity index is 0.000000133. The van der Waals surface area contributed by atoms with E-state index < -0.39 is 0 Å². The summed E-state index contributed by atoms with van der Waals surface area (Å²) in [5.74, 6) is 0. The van der Waals surface area contributed by atoms with Gasteiger partial charge >= 0.3 is 0 Å². The van der Waals surface area contributed by atoms with E-state index in [-0.39, 0.29) is 5.41 Å². The van der Waals surface area contributed by atoms with Gasteiger partial charge in [0.2, 0.25) is 0 Å². The summed E-state index contributed by atoms with van der Waals surface area (Å²) in [6.07, 6.45) is 0. The van der Waals surface area contributed by atoms with E-state index in [2.05, 4.69) is 390 Å². The van der Waals surface area contributed by atoms with E-state index in [1.165, 1.54) is 230 Å². The van der Waals surface area contributed by atoms with Crippen LogP contribution in [-0.4, -0.2) is 0 Å². The van der Waals surface area contributed by atoms with Gasteiger partial charge in [-0.3, -0.25) is 0 Å². The molecule has 0 nitrogen and oxygen atoms in total. The molecule has 107 heavy (non-hydrogen) atoms. The van der Waals surface area contributed by atoms with Crippen molar-refractivity contribution in [3.05, 3.63) is 387 Å². The van der Waals surface area contributed by atoms with Crippen LogP contribution in [0.15, 0.2) is 376 Å². The summed E-state index contributed by atoms with van der Waals surface area (Å²) >= 11 is 0. The molecule has 0 saturated heterocycles. The smallest absolute Gasteiger partial charge is 0.0159 e. The van der Waals surface area contributed by atoms with Crippen molar-refractivity contribution in [3.63, 3.8) is 0 Å². The van der Waals surface area contributed by atoms with Gasteiger partial charge in [-0.1, -0.05) is 354 Å². The molecule has 0 unspecified atom stereocenters. The molecule has 22 aromatic carbocycles. The zero-order chi connectivity index (χ0) is 70.6. The van der Waals surface area contributed by atoms with Crippen molar-refractivity contribution in [1.82, 2.24) is 0 Å². The van der Waals surface area contributed by atoms with E-state index in [9.17, 15) is 0 Å². The molecule has 1 aliphatic rings. The molecule has 23 rings (SSSR count). The molecular formula is C107H68. The van der Waals surface area contributed by atoms with E-state index in [0.29, 0.717) is 0 Å². The van der Waals surface area contributed by atoms with Crippen LogP contribution in [0.4, 0.5) is 0 Å². The molecule has 0 aliphatic heterocycles. The van der Waals surface area contributed by atoms with Crippen molar-refractivity contribution in [2.45, 2.75) is 19.3 Å². The largest absolute Gasteiger partial charge is 0.0622 e. The van der Waals surface area contributed by atoms with Crippen LogP contribution in [0.3, 0.4) is 0 Å². The summed E-state index contributed by atoms with van der Waals surface area (Å²) < 4.78 is 0. The van der Waals surface area contributed by atoms with E-state index in [0.717, 1.165) is 0 Å². The van der Waals surface area contributed by atoms with Crippen LogP contribution >= 0.6 is 0 Å². The Morgan fingerprint density at radius 2 is 0.439 bits per heavy atom. The zero-order valence-electron chi connectivity index (χ0n) is 59.3. The molecule has 0 spiro atoms. The number of hydrogen-bond acceptors (Lipinski definition) is 0. The molecule has 0 atom stereocenters. The normalized spacial score (nSPS) is 12.7. The lowest BCUT2D eigenvalue weighted by molar-refractivity contribution is 0.661. The van der Waals surface area contributed by atoms with Gasteiger partial charge in [-0.05, 0) is 266 Å². The van der Waals surface area contributed by atoms with Crippen LogP contribution in [-0.2, 0) is 5.41 Å². The summed E-state index contributed by atoms with van der Waals surface area (Å²) in [4.78, 5) is 0. The van der Waals surface area contributed by atoms with Crippen molar-refractivity contribution in [2.24, 2.45) is 0 Å². The van der Waals surface area contributed by atoms with Gasteiger partial charge < -0.3 is 0 Å². The Morgan fingerprint density at radius 3 is 0.963 bits per heavy atom. The lowest BCUT2D eigenvalue weighted by Gasteiger charge is -2.23. The van der Waals surface area contributed by atoms with Gasteiger partial charge in [0, 0.05) is 5.41 Å². The Labute approximate surface area is 621 Å². The van der Waals surface area contributed by atoms with Crippen LogP contribution in [0, 0.1) is 0 Å². The quantitative estimate of drug-likeness (QED) is 0.133. The predicted molar refractivity (Wildman–Crippen MR) is 460 cm³/mol. The maximum Gasteiger partial charge on any atom is 0.0159 e. The van der Waals surface area contributed by atoms with Crippen LogP contribution in [0.5, 0.6) is 0 Å². The van der Waals surface area contributed by atoms with Gasteiger partial charge in [0.1, 0.15) is 0 Å². The van der Waals surface area contributed by atoms with E-state index in [1.807, 2.05) is 0 Å². The molecule has 0 N–H and O–H groups in total. The van der Waals surface area contributed by atoms with Crippen molar-refractivity contribution in [2.75, 3.05) is 0 Å². The second kappa shape index (κ2) is 23.8. The van der Waals surface area contributed by atoms with Crippen LogP contribution in [0.1, 0.15) is 25.0 Å². The van der Waals surface area contributed by atoms with Crippen molar-refractivity contribution in [3.8, 4) is 100 Å². The molecule has 0 heterocycles. The minimum Gasteiger partial charge on any atom is -0.0622 e. The minimum absolute atomic E-state index is 0.123. The number of rotatable bonds is 8. The van der Waals surface area contributed by atoms with Crippen molar-refractivity contribution >= 4 is 118 Å². The van der Waals surface area contributed by atoms with Gasteiger partial charge in [0.05, 0.1) is 0 Å². The van der Waals surface area contributed by atoms with Crippen molar-refractivity contribution in [1.29, 1.82) is 0 Å². The summed E-state index contributed by atoms with van der Waals surface area (Å²) in [7, 11) is 0. The fourth-order valence-electron chi connectivity index (χ4n) is 18.8. The third kappa shape index (κ3) is 9.56. The molecule has 0 aromatic heterocycles. The standard InChI is InChI=1S/C54H34.C53H34/c1-3-15-37(16-4-1)43-21-11-12-22-44(43)52-34-51(42-26-24-36-14-8-10-20-40(36)32-42)47-28-27-45-49(38-17-5-2-6-18-38)33-50(46-29-30-48(52)54(47)53(45)46)41-25-23-35-13-7-9-19-39(35)31-41;1-53(2)47-29-39(31-9-11-32(12-10-31)41-23-17-37-15-13-33-5-3-7-35-19-27-45(41)51(37)49(33)35)21-25-43(47)44-26-22-40(30-48(44)53)42-24-18-38-16-14-34-6-4-8-36-20-28-46(42)52(38)50(34)36/h1-34H;3-30H,1-2H3. The van der Waals surface area contributed by atoms with Gasteiger partial charge in [-0.15, -0.1) is 0 Å². The molecule has 0 radical (unpaired) electrons. The maximum absolute atomic E-state index is 2.46. The Bertz CT molecular complexity index is 7330. The van der Waals surface area contributed by atoms with Gasteiger partial charge in [0.25, 0.3) is 0 Å². The molecule has 496 valence electrons. The average molecular weight is 1350 g/mol. The second-order valence-corrected chi connectivity index (χ2v) is 30.1. The summed E-state index contributed by atoms with van der Waals surface area (Å²) in [6, 6.07) is 140. The number of benzene rings is 22. The first-order valence-electron chi connectivity index (χ1n) is 37.5. The Kier molecular flexibility index (Phi) is 13.5. The lowest BCUT2D eigenvalue weighted by atomic mass is 9.80. The molecule has 0 heteroatoms. The maximum atomic E-state index is 2.46. The minimum atomic E-state index is -0.123. The van der Waals surface area contributed by atoms with E-state index >= 15 is 0 Å². The molecule has 0 fully saturated rings. The lowest BCUT2D eigenvalue weighted by Crippen LogP contribution is -2.15. The highest BCUT2D eigenvalue weighted by Crippen LogP contribution is 2.54. The van der Waals surface area contributed by atoms with Crippen molar-refractivity contribution < 1.29 is 0 Å². The summed E-state index contributed by atoms with van der Waals surface area (Å²) in [5, 5.41) is 28.7. The third-order valence-electron chi connectivity index (χ3n) is 24.0. The first kappa shape index (κ1) is 61.0. The van der Waals surface area contributed by atoms with Crippen LogP contribution < -0.4 is 0 Å². The Hall–Kier alpha value is -13.5. The fourth-order valence-corrected chi connectivity index (χ4v) is 18.8. The number of fused-ring (bicyclic) bond motifs is 5. The molecule has 0 amide bonds. The van der Waals surface area contributed by atoms with Gasteiger partial charge in [-0.25, -0.2) is 0 Å². The van der Waals surface area contributed by atoms with Gasteiger partial charge in [-0.2, -0.15) is 0 Å². The number of hydrogen-bond donors (Lipinski definition) is 0. The van der Waals surface area contributed by atoms with E-state index in [1.54, 1.807) is 0 Å². The molecular weight excluding hydrogens is 1290 g/mol. The SMILES string of the molecule is CC1(C)c2cc(-c3ccc(-c4ccc5ccc6cccc7ccc4c5c67)cc3)ccc2-c2ccc(-c3ccc4ccc5cccc6ccc3c4c56)cc21.c1ccc(-c2ccccc2-c2cc(-c3ccc4ccccc4c3)c3ccc4c(-c5ccccc5)cc(-c5ccc6ccccc6c5)c5ccc2c3c45)cc1. The summed E-state index contributed by atoms with van der Waals surface area (Å²) in [5.41, 5.74) is 25.4. The first-order chi connectivity index (χ1) is 52.8. The van der Waals surface area contributed by atoms with Crippen LogP contribution in [0.2, 0.25) is 0 Å². The Morgan fingerprint density at radius 1 is 0.140 bits per heavy atom. The highest BCUT2D eigenvalue weighted by atomic mass is 14.4. The third-order valence-corrected chi connectivity index (χ3v) is 24.0. The first-order valence-corrected chi connectivity index (χ1v) is 37.5. The highest BCUT2D eigenvalue weighted by molar-refractivity contribution is 6.33. The zero-order valence-corrected chi connectivity index (χ0v) is 59.3. The average Bonchev–Trinajstić information content (AvgIpc) is 1.05. The molecule has 22 aromatic rings. The molecule has 1 aliphatic carbocycles. The highest BCUT2D eigenvalue weighted by Gasteiger charge is 2.36. The molecule has 0 bridgehead atoms. The second-order valence-electron chi connectivity index (χ2n) is 30.1. The monoisotopic (exact) mass is 1350 g/mol. The topological polar surface area (TPSA) is 0 Å². The predicted octanol–water partition coefficient (Wildman–Crippen LogP) is 30.0. The fraction of sp³-hybridized carbons (Fsp3) is 0.0280. The van der Waals surface area contributed by atoms with Crippen LogP contribution in [0.25, 0.3) is 219 Å². The molecule has 0 saturated carbocycles. The van der Waals surface area contributed by atoms with E-state index in [4.69, 9.17) is 0 Å².